The van der Waals surface area contributed by atoms with E-state index in [2.05, 4.69) is 0 Å². The van der Waals surface area contributed by atoms with E-state index in [1.54, 1.807) is 30.3 Å². The SMILES string of the molecule is Cc1cc(Cl)ccc1N1C(=O)C(Sc2ccc(Cl)cc2)=C(N(C)C2CCCCC2)C1=O. The highest BCUT2D eigenvalue weighted by Gasteiger charge is 2.43. The number of aryl methyl sites for hydroxylation is 1. The summed E-state index contributed by atoms with van der Waals surface area (Å²) in [6.45, 7) is 1.86. The Morgan fingerprint density at radius 3 is 2.23 bits per heavy atom. The lowest BCUT2D eigenvalue weighted by atomic mass is 9.94. The Morgan fingerprint density at radius 2 is 1.58 bits per heavy atom. The molecule has 4 rings (SSSR count). The molecule has 4 nitrogen and oxygen atoms in total. The molecule has 0 N–H and O–H groups in total. The molecule has 2 aromatic carbocycles. The average molecular weight is 475 g/mol. The molecule has 0 unspecified atom stereocenters. The van der Waals surface area contributed by atoms with Crippen molar-refractivity contribution < 1.29 is 9.59 Å². The Labute approximate surface area is 197 Å². The summed E-state index contributed by atoms with van der Waals surface area (Å²) in [5.74, 6) is -0.576. The normalized spacial score (nSPS) is 17.6. The van der Waals surface area contributed by atoms with Crippen LogP contribution in [-0.4, -0.2) is 29.8 Å². The second-order valence-electron chi connectivity index (χ2n) is 8.01. The molecule has 31 heavy (non-hydrogen) atoms. The summed E-state index contributed by atoms with van der Waals surface area (Å²) in [6.07, 6.45) is 5.56. The van der Waals surface area contributed by atoms with Crippen molar-refractivity contribution in [2.45, 2.75) is 50.0 Å². The summed E-state index contributed by atoms with van der Waals surface area (Å²) in [6, 6.07) is 12.8. The van der Waals surface area contributed by atoms with Gasteiger partial charge in [-0.25, -0.2) is 4.90 Å². The van der Waals surface area contributed by atoms with Gasteiger partial charge in [-0.15, -0.1) is 0 Å². The minimum atomic E-state index is -0.298. The van der Waals surface area contributed by atoms with E-state index in [0.717, 1.165) is 36.1 Å². The number of hydrogen-bond donors (Lipinski definition) is 0. The number of imide groups is 1. The molecule has 2 aliphatic rings. The maximum Gasteiger partial charge on any atom is 0.283 e. The number of anilines is 1. The summed E-state index contributed by atoms with van der Waals surface area (Å²) < 4.78 is 0. The monoisotopic (exact) mass is 474 g/mol. The molecular weight excluding hydrogens is 451 g/mol. The predicted molar refractivity (Wildman–Crippen MR) is 128 cm³/mol. The Kier molecular flexibility index (Phi) is 6.65. The topological polar surface area (TPSA) is 40.6 Å². The third kappa shape index (κ3) is 4.50. The van der Waals surface area contributed by atoms with E-state index in [1.165, 1.54) is 23.1 Å². The lowest BCUT2D eigenvalue weighted by Crippen LogP contribution is -2.39. The van der Waals surface area contributed by atoms with E-state index < -0.39 is 0 Å². The molecule has 1 saturated carbocycles. The molecule has 1 heterocycles. The van der Waals surface area contributed by atoms with Crippen LogP contribution in [0, 0.1) is 6.92 Å². The van der Waals surface area contributed by atoms with Crippen LogP contribution >= 0.6 is 35.0 Å². The van der Waals surface area contributed by atoms with Crippen LogP contribution in [0.2, 0.25) is 10.0 Å². The van der Waals surface area contributed by atoms with Gasteiger partial charge in [0.15, 0.2) is 0 Å². The minimum absolute atomic E-state index is 0.257. The van der Waals surface area contributed by atoms with Gasteiger partial charge in [-0.2, -0.15) is 0 Å². The third-order valence-corrected chi connectivity index (χ3v) is 7.49. The highest BCUT2D eigenvalue weighted by atomic mass is 35.5. The Morgan fingerprint density at radius 1 is 0.935 bits per heavy atom. The first kappa shape index (κ1) is 22.3. The van der Waals surface area contributed by atoms with Gasteiger partial charge in [0.2, 0.25) is 0 Å². The van der Waals surface area contributed by atoms with E-state index >= 15 is 0 Å². The first-order chi connectivity index (χ1) is 14.9. The second kappa shape index (κ2) is 9.27. The third-order valence-electron chi connectivity index (χ3n) is 5.93. The highest BCUT2D eigenvalue weighted by molar-refractivity contribution is 8.04. The zero-order chi connectivity index (χ0) is 22.1. The van der Waals surface area contributed by atoms with Crippen LogP contribution in [0.5, 0.6) is 0 Å². The van der Waals surface area contributed by atoms with Crippen LogP contribution < -0.4 is 4.90 Å². The summed E-state index contributed by atoms with van der Waals surface area (Å²) in [5, 5.41) is 1.20. The lowest BCUT2D eigenvalue weighted by molar-refractivity contribution is -0.121. The molecule has 162 valence electrons. The standard InChI is InChI=1S/C24H24Cl2N2O2S/c1-15-14-17(26)10-13-20(15)28-23(29)21(27(2)18-6-4-3-5-7-18)22(24(28)30)31-19-11-8-16(25)9-12-19/h8-14,18H,3-7H2,1-2H3. The predicted octanol–water partition coefficient (Wildman–Crippen LogP) is 6.44. The molecule has 1 fully saturated rings. The number of amides is 2. The van der Waals surface area contributed by atoms with Gasteiger partial charge in [0.25, 0.3) is 11.8 Å². The average Bonchev–Trinajstić information content (AvgIpc) is 2.99. The van der Waals surface area contributed by atoms with Crippen LogP contribution in [0.15, 0.2) is 58.0 Å². The molecule has 0 aromatic heterocycles. The van der Waals surface area contributed by atoms with Crippen LogP contribution in [0.4, 0.5) is 5.69 Å². The van der Waals surface area contributed by atoms with Gasteiger partial charge in [-0.1, -0.05) is 54.2 Å². The van der Waals surface area contributed by atoms with Gasteiger partial charge in [0, 0.05) is 28.0 Å². The van der Waals surface area contributed by atoms with Crippen molar-refractivity contribution in [1.29, 1.82) is 0 Å². The first-order valence-corrected chi connectivity index (χ1v) is 12.0. The van der Waals surface area contributed by atoms with Crippen molar-refractivity contribution in [2.75, 3.05) is 11.9 Å². The molecule has 0 radical (unpaired) electrons. The summed E-state index contributed by atoms with van der Waals surface area (Å²) in [5.41, 5.74) is 1.83. The summed E-state index contributed by atoms with van der Waals surface area (Å²) >= 11 is 13.4. The van der Waals surface area contributed by atoms with Crippen molar-refractivity contribution in [3.63, 3.8) is 0 Å². The van der Waals surface area contributed by atoms with Gasteiger partial charge in [0.1, 0.15) is 10.6 Å². The number of likely N-dealkylation sites (N-methyl/N-ethyl adjacent to an activating group) is 1. The van der Waals surface area contributed by atoms with Crippen molar-refractivity contribution in [2.24, 2.45) is 0 Å². The van der Waals surface area contributed by atoms with Crippen LogP contribution in [-0.2, 0) is 9.59 Å². The fraction of sp³-hybridized carbons (Fsp3) is 0.333. The molecule has 1 aliphatic carbocycles. The zero-order valence-corrected chi connectivity index (χ0v) is 19.9. The number of carbonyl (C=O) groups is 2. The summed E-state index contributed by atoms with van der Waals surface area (Å²) in [4.78, 5) is 31.8. The maximum atomic E-state index is 13.6. The zero-order valence-electron chi connectivity index (χ0n) is 17.5. The van der Waals surface area contributed by atoms with Crippen molar-refractivity contribution in [3.8, 4) is 0 Å². The van der Waals surface area contributed by atoms with Crippen molar-refractivity contribution >= 4 is 52.5 Å². The molecule has 1 aliphatic heterocycles. The second-order valence-corrected chi connectivity index (χ2v) is 9.97. The van der Waals surface area contributed by atoms with Gasteiger partial charge in [0.05, 0.1) is 5.69 Å². The Balaban J connectivity index is 1.75. The fourth-order valence-electron chi connectivity index (χ4n) is 4.26. The van der Waals surface area contributed by atoms with Gasteiger partial charge >= 0.3 is 0 Å². The number of carbonyl (C=O) groups excluding carboxylic acids is 2. The van der Waals surface area contributed by atoms with E-state index in [1.807, 2.05) is 31.0 Å². The lowest BCUT2D eigenvalue weighted by Gasteiger charge is -2.33. The van der Waals surface area contributed by atoms with Crippen LogP contribution in [0.3, 0.4) is 0 Å². The number of rotatable bonds is 5. The largest absolute Gasteiger partial charge is 0.366 e. The number of thioether (sulfide) groups is 1. The smallest absolute Gasteiger partial charge is 0.283 e. The molecule has 2 aromatic rings. The molecule has 0 saturated heterocycles. The molecule has 0 bridgehead atoms. The molecule has 0 atom stereocenters. The molecule has 7 heteroatoms. The number of nitrogens with zero attached hydrogens (tertiary/aromatic N) is 2. The van der Waals surface area contributed by atoms with Gasteiger partial charge in [-0.3, -0.25) is 9.59 Å². The van der Waals surface area contributed by atoms with Crippen molar-refractivity contribution in [3.05, 3.63) is 68.7 Å². The minimum Gasteiger partial charge on any atom is -0.366 e. The maximum absolute atomic E-state index is 13.6. The summed E-state index contributed by atoms with van der Waals surface area (Å²) in [7, 11) is 1.94. The van der Waals surface area contributed by atoms with Gasteiger partial charge < -0.3 is 4.90 Å². The van der Waals surface area contributed by atoms with E-state index in [9.17, 15) is 9.59 Å². The van der Waals surface area contributed by atoms with Crippen molar-refractivity contribution in [1.82, 2.24) is 4.90 Å². The quantitative estimate of drug-likeness (QED) is 0.467. The molecule has 2 amide bonds. The van der Waals surface area contributed by atoms with E-state index in [-0.39, 0.29) is 17.9 Å². The molecule has 0 spiro atoms. The van der Waals surface area contributed by atoms with Crippen LogP contribution in [0.25, 0.3) is 0 Å². The fourth-order valence-corrected chi connectivity index (χ4v) is 5.63. The van der Waals surface area contributed by atoms with Crippen LogP contribution in [0.1, 0.15) is 37.7 Å². The first-order valence-electron chi connectivity index (χ1n) is 10.4. The van der Waals surface area contributed by atoms with Gasteiger partial charge in [-0.05, 0) is 67.8 Å². The Bertz CT molecular complexity index is 1050. The molecular formula is C24H24Cl2N2O2S. The highest BCUT2D eigenvalue weighted by Crippen LogP contribution is 2.41. The number of halogens is 2. The van der Waals surface area contributed by atoms with E-state index in [0.29, 0.717) is 26.3 Å². The van der Waals surface area contributed by atoms with E-state index in [4.69, 9.17) is 23.2 Å². The Hall–Kier alpha value is -1.95. The number of hydrogen-bond acceptors (Lipinski definition) is 4. The number of benzene rings is 2.